The number of hydrogen-bond acceptors (Lipinski definition) is 3. The van der Waals surface area contributed by atoms with Gasteiger partial charge in [-0.05, 0) is 30.7 Å². The summed E-state index contributed by atoms with van der Waals surface area (Å²) in [5, 5.41) is 7.55. The monoisotopic (exact) mass is 298 g/mol. The predicted octanol–water partition coefficient (Wildman–Crippen LogP) is 4.23. The summed E-state index contributed by atoms with van der Waals surface area (Å²) in [6.45, 7) is 2.03. The van der Waals surface area contributed by atoms with Gasteiger partial charge in [0, 0.05) is 17.0 Å². The fourth-order valence-corrected chi connectivity index (χ4v) is 3.23. The van der Waals surface area contributed by atoms with Crippen LogP contribution in [0.25, 0.3) is 0 Å². The highest BCUT2D eigenvalue weighted by Gasteiger charge is 2.38. The van der Waals surface area contributed by atoms with Crippen LogP contribution < -0.4 is 4.74 Å². The molecule has 3 nitrogen and oxygen atoms in total. The first-order chi connectivity index (χ1) is 10.2. The molecule has 0 fully saturated rings. The topological polar surface area (TPSA) is 24.8 Å². The van der Waals surface area contributed by atoms with Crippen LogP contribution in [0.1, 0.15) is 30.5 Å². The fourth-order valence-electron chi connectivity index (χ4n) is 3.04. The summed E-state index contributed by atoms with van der Waals surface area (Å²) in [5.41, 5.74) is 3.39. The Hall–Kier alpha value is -2.00. The minimum Gasteiger partial charge on any atom is -0.469 e. The minimum atomic E-state index is -0.0649. The summed E-state index contributed by atoms with van der Waals surface area (Å²) in [7, 11) is 0. The second-order valence-electron chi connectivity index (χ2n) is 5.41. The van der Waals surface area contributed by atoms with E-state index in [9.17, 15) is 0 Å². The van der Waals surface area contributed by atoms with Crippen LogP contribution in [0.2, 0.25) is 5.02 Å². The molecule has 2 heterocycles. The first-order valence-electron chi connectivity index (χ1n) is 7.10. The van der Waals surface area contributed by atoms with Crippen LogP contribution in [0.4, 0.5) is 0 Å². The average Bonchev–Trinajstić information content (AvgIpc) is 2.95. The number of ether oxygens (including phenoxy) is 1. The van der Waals surface area contributed by atoms with E-state index < -0.39 is 0 Å². The maximum Gasteiger partial charge on any atom is 0.185 e. The maximum atomic E-state index is 6.15. The molecule has 0 saturated heterocycles. The molecular formula is C17H15ClN2O. The van der Waals surface area contributed by atoms with E-state index in [2.05, 4.69) is 12.1 Å². The van der Waals surface area contributed by atoms with Crippen molar-refractivity contribution in [1.29, 1.82) is 0 Å². The molecule has 0 aliphatic carbocycles. The van der Waals surface area contributed by atoms with Crippen molar-refractivity contribution in [2.75, 3.05) is 0 Å². The van der Waals surface area contributed by atoms with Gasteiger partial charge in [0.15, 0.2) is 6.23 Å². The molecule has 106 valence electrons. The zero-order valence-electron chi connectivity index (χ0n) is 11.7. The smallest absolute Gasteiger partial charge is 0.185 e. The van der Waals surface area contributed by atoms with Crippen molar-refractivity contribution >= 4 is 17.3 Å². The van der Waals surface area contributed by atoms with E-state index in [0.29, 0.717) is 0 Å². The van der Waals surface area contributed by atoms with E-state index in [-0.39, 0.29) is 12.3 Å². The largest absolute Gasteiger partial charge is 0.469 e. The van der Waals surface area contributed by atoms with Crippen LogP contribution in [0, 0.1) is 0 Å². The molecule has 2 aliphatic heterocycles. The van der Waals surface area contributed by atoms with E-state index in [1.54, 1.807) is 0 Å². The number of hydrogen-bond donors (Lipinski definition) is 0. The molecule has 0 spiro atoms. The lowest BCUT2D eigenvalue weighted by molar-refractivity contribution is -0.00334. The summed E-state index contributed by atoms with van der Waals surface area (Å²) in [6, 6.07) is 16.3. The van der Waals surface area contributed by atoms with Gasteiger partial charge in [0.1, 0.15) is 5.75 Å². The molecule has 21 heavy (non-hydrogen) atoms. The van der Waals surface area contributed by atoms with Gasteiger partial charge < -0.3 is 4.74 Å². The predicted molar refractivity (Wildman–Crippen MR) is 83.7 cm³/mol. The molecule has 2 aromatic carbocycles. The number of nitrogens with zero attached hydrogens (tertiary/aromatic N) is 2. The zero-order valence-corrected chi connectivity index (χ0v) is 12.4. The van der Waals surface area contributed by atoms with Gasteiger partial charge in [-0.15, -0.1) is 0 Å². The van der Waals surface area contributed by atoms with Crippen LogP contribution >= 0.6 is 11.6 Å². The minimum absolute atomic E-state index is 0.0649. The summed E-state index contributed by atoms with van der Waals surface area (Å²) >= 11 is 6.15. The Morgan fingerprint density at radius 3 is 2.81 bits per heavy atom. The standard InChI is InChI=1S/C17H15ClN2O/c1-11-20-16(14-9-13(18)7-8-17(14)21-11)10-15(19-20)12-5-3-2-4-6-12/h2-9,11,16H,10H2,1H3/t11-,16+/m0/s1. The third-order valence-electron chi connectivity index (χ3n) is 4.05. The van der Waals surface area contributed by atoms with Crippen LogP contribution in [0.15, 0.2) is 53.6 Å². The summed E-state index contributed by atoms with van der Waals surface area (Å²) in [5.74, 6) is 0.915. The Labute approximate surface area is 128 Å². The molecule has 2 atom stereocenters. The van der Waals surface area contributed by atoms with Gasteiger partial charge in [0.05, 0.1) is 11.8 Å². The molecule has 0 saturated carbocycles. The summed E-state index contributed by atoms with van der Waals surface area (Å²) in [6.07, 6.45) is 0.815. The van der Waals surface area contributed by atoms with Crippen molar-refractivity contribution in [2.45, 2.75) is 25.6 Å². The highest BCUT2D eigenvalue weighted by Crippen LogP contribution is 2.43. The number of benzene rings is 2. The second-order valence-corrected chi connectivity index (χ2v) is 5.85. The normalized spacial score (nSPS) is 23.1. The van der Waals surface area contributed by atoms with E-state index in [1.807, 2.05) is 48.3 Å². The Morgan fingerprint density at radius 1 is 1.19 bits per heavy atom. The van der Waals surface area contributed by atoms with Crippen LogP contribution in [0.3, 0.4) is 0 Å². The highest BCUT2D eigenvalue weighted by molar-refractivity contribution is 6.30. The molecule has 4 rings (SSSR count). The van der Waals surface area contributed by atoms with Crippen molar-refractivity contribution < 1.29 is 4.74 Å². The van der Waals surface area contributed by atoms with Gasteiger partial charge in [0.2, 0.25) is 0 Å². The summed E-state index contributed by atoms with van der Waals surface area (Å²) < 4.78 is 5.95. The first kappa shape index (κ1) is 12.7. The molecule has 0 N–H and O–H groups in total. The molecule has 4 heteroatoms. The Kier molecular flexibility index (Phi) is 2.89. The van der Waals surface area contributed by atoms with E-state index in [0.717, 1.165) is 28.5 Å². The lowest BCUT2D eigenvalue weighted by Crippen LogP contribution is -2.37. The highest BCUT2D eigenvalue weighted by atomic mass is 35.5. The van der Waals surface area contributed by atoms with E-state index in [1.165, 1.54) is 5.56 Å². The molecule has 0 aromatic heterocycles. The quantitative estimate of drug-likeness (QED) is 0.787. The maximum absolute atomic E-state index is 6.15. The Morgan fingerprint density at radius 2 is 2.00 bits per heavy atom. The third kappa shape index (κ3) is 2.09. The number of fused-ring (bicyclic) bond motifs is 3. The van der Waals surface area contributed by atoms with Crippen LogP contribution in [-0.2, 0) is 0 Å². The van der Waals surface area contributed by atoms with E-state index >= 15 is 0 Å². The molecule has 2 aliphatic rings. The molecule has 0 radical (unpaired) electrons. The fraction of sp³-hybridized carbons (Fsp3) is 0.235. The summed E-state index contributed by atoms with van der Waals surface area (Å²) in [4.78, 5) is 0. The number of halogens is 1. The Balaban J connectivity index is 1.74. The SMILES string of the molecule is C[C@@H]1Oc2ccc(Cl)cc2[C@H]2CC(c3ccccc3)=NN12. The average molecular weight is 299 g/mol. The Bertz CT molecular complexity index is 714. The van der Waals surface area contributed by atoms with Gasteiger partial charge in [0.25, 0.3) is 0 Å². The van der Waals surface area contributed by atoms with Gasteiger partial charge in [-0.2, -0.15) is 5.10 Å². The lowest BCUT2D eigenvalue weighted by atomic mass is 9.97. The van der Waals surface area contributed by atoms with Crippen molar-refractivity contribution in [3.05, 3.63) is 64.7 Å². The van der Waals surface area contributed by atoms with Gasteiger partial charge in [-0.3, -0.25) is 5.01 Å². The number of rotatable bonds is 1. The van der Waals surface area contributed by atoms with Gasteiger partial charge in [-0.25, -0.2) is 0 Å². The van der Waals surface area contributed by atoms with E-state index in [4.69, 9.17) is 21.4 Å². The zero-order chi connectivity index (χ0) is 14.4. The second kappa shape index (κ2) is 4.78. The van der Waals surface area contributed by atoms with Crippen molar-refractivity contribution in [3.8, 4) is 5.75 Å². The molecular weight excluding hydrogens is 284 g/mol. The van der Waals surface area contributed by atoms with Crippen LogP contribution in [0.5, 0.6) is 5.75 Å². The van der Waals surface area contributed by atoms with Gasteiger partial charge in [-0.1, -0.05) is 41.9 Å². The van der Waals surface area contributed by atoms with Crippen molar-refractivity contribution in [3.63, 3.8) is 0 Å². The van der Waals surface area contributed by atoms with Crippen LogP contribution in [-0.4, -0.2) is 16.9 Å². The molecule has 0 unspecified atom stereocenters. The molecule has 2 aromatic rings. The van der Waals surface area contributed by atoms with Gasteiger partial charge >= 0.3 is 0 Å². The third-order valence-corrected chi connectivity index (χ3v) is 4.29. The lowest BCUT2D eigenvalue weighted by Gasteiger charge is -2.36. The first-order valence-corrected chi connectivity index (χ1v) is 7.47. The molecule has 0 bridgehead atoms. The molecule has 0 amide bonds. The number of hydrazone groups is 1. The van der Waals surface area contributed by atoms with Crippen molar-refractivity contribution in [1.82, 2.24) is 5.01 Å². The van der Waals surface area contributed by atoms with Crippen molar-refractivity contribution in [2.24, 2.45) is 5.10 Å².